The zero-order valence-electron chi connectivity index (χ0n) is 17.1. The van der Waals surface area contributed by atoms with Gasteiger partial charge in [-0.25, -0.2) is 17.9 Å². The van der Waals surface area contributed by atoms with Gasteiger partial charge < -0.3 is 14.7 Å². The van der Waals surface area contributed by atoms with Gasteiger partial charge in [-0.05, 0) is 38.0 Å². The van der Waals surface area contributed by atoms with E-state index in [-0.39, 0.29) is 34.4 Å². The topological polar surface area (TPSA) is 50.5 Å². The minimum atomic E-state index is -5.19. The molecule has 3 aromatic rings. The largest absolute Gasteiger partial charge is 0.503 e. The Balaban J connectivity index is 1.88. The highest BCUT2D eigenvalue weighted by atomic mass is 19.4. The number of hydrogen-bond acceptors (Lipinski definition) is 4. The molecule has 0 bridgehead atoms. The predicted molar refractivity (Wildman–Crippen MR) is 105 cm³/mol. The summed E-state index contributed by atoms with van der Waals surface area (Å²) in [6.45, 7) is 2.52. The first kappa shape index (κ1) is 22.3. The second-order valence-electron chi connectivity index (χ2n) is 7.66. The highest BCUT2D eigenvalue weighted by Gasteiger charge is 2.38. The zero-order chi connectivity index (χ0) is 23.4. The molecule has 1 saturated heterocycles. The van der Waals surface area contributed by atoms with Crippen LogP contribution in [0, 0.1) is 24.4 Å². The molecular formula is C21H19F6N3O2. The molecule has 4 rings (SSSR count). The third kappa shape index (κ3) is 3.54. The monoisotopic (exact) mass is 459 g/mol. The fourth-order valence-electron chi connectivity index (χ4n) is 4.02. The zero-order valence-corrected chi connectivity index (χ0v) is 17.1. The lowest BCUT2D eigenvalue weighted by molar-refractivity contribution is -0.140. The Labute approximate surface area is 178 Å². The van der Waals surface area contributed by atoms with E-state index in [1.165, 1.54) is 19.1 Å². The Morgan fingerprint density at radius 2 is 1.75 bits per heavy atom. The molecule has 172 valence electrons. The van der Waals surface area contributed by atoms with Gasteiger partial charge in [-0.2, -0.15) is 18.3 Å². The predicted octanol–water partition coefficient (Wildman–Crippen LogP) is 5.09. The van der Waals surface area contributed by atoms with Gasteiger partial charge in [0.15, 0.2) is 23.2 Å². The Bertz CT molecular complexity index is 1180. The van der Waals surface area contributed by atoms with E-state index < -0.39 is 40.6 Å². The molecule has 32 heavy (non-hydrogen) atoms. The van der Waals surface area contributed by atoms with Gasteiger partial charge in [-0.15, -0.1) is 0 Å². The molecule has 1 aromatic heterocycles. The lowest BCUT2D eigenvalue weighted by Gasteiger charge is -2.33. The van der Waals surface area contributed by atoms with Crippen LogP contribution in [-0.2, 0) is 10.9 Å². The van der Waals surface area contributed by atoms with Crippen molar-refractivity contribution in [3.05, 3.63) is 46.9 Å². The standard InChI is InChI=1S/C21H19F6N3O2/c1-10-16-13(3-4-14(18(16)23)29(2)11-5-7-32-8-6-11)30(28-10)15-9-12(21(25,26)27)17(22)20(31)19(15)24/h3-4,9,11,31H,5-8H2,1-2H3. The van der Waals surface area contributed by atoms with Crippen molar-refractivity contribution in [3.63, 3.8) is 0 Å². The number of hydrogen-bond donors (Lipinski definition) is 1. The van der Waals surface area contributed by atoms with E-state index in [2.05, 4.69) is 5.10 Å². The summed E-state index contributed by atoms with van der Waals surface area (Å²) in [5.41, 5.74) is -2.38. The quantitative estimate of drug-likeness (QED) is 0.555. The summed E-state index contributed by atoms with van der Waals surface area (Å²) in [6.07, 6.45) is -3.79. The fourth-order valence-corrected chi connectivity index (χ4v) is 4.02. The summed E-state index contributed by atoms with van der Waals surface area (Å²) in [5.74, 6) is -6.21. The molecule has 0 amide bonds. The molecule has 2 heterocycles. The van der Waals surface area contributed by atoms with Gasteiger partial charge in [0.05, 0.1) is 27.8 Å². The molecule has 0 radical (unpaired) electrons. The van der Waals surface area contributed by atoms with Gasteiger partial charge >= 0.3 is 6.18 Å². The average Bonchev–Trinajstić information content (AvgIpc) is 3.08. The second-order valence-corrected chi connectivity index (χ2v) is 7.66. The number of aromatic hydroxyl groups is 1. The minimum absolute atomic E-state index is 0.0156. The lowest BCUT2D eigenvalue weighted by Crippen LogP contribution is -2.37. The van der Waals surface area contributed by atoms with Crippen LogP contribution in [0.1, 0.15) is 24.1 Å². The SMILES string of the molecule is Cc1nn(-c2cc(C(F)(F)F)c(F)c(O)c2F)c2ccc(N(C)C3CCOCC3)c(F)c12. The van der Waals surface area contributed by atoms with Gasteiger partial charge in [0.25, 0.3) is 0 Å². The van der Waals surface area contributed by atoms with Crippen molar-refractivity contribution < 1.29 is 36.2 Å². The number of ether oxygens (including phenoxy) is 1. The van der Waals surface area contributed by atoms with E-state index in [0.29, 0.717) is 26.1 Å². The number of anilines is 1. The van der Waals surface area contributed by atoms with Crippen molar-refractivity contribution >= 4 is 16.6 Å². The number of nitrogens with zero attached hydrogens (tertiary/aromatic N) is 3. The molecule has 5 nitrogen and oxygen atoms in total. The van der Waals surface area contributed by atoms with Crippen LogP contribution in [0.3, 0.4) is 0 Å². The summed E-state index contributed by atoms with van der Waals surface area (Å²) < 4.78 is 89.5. The number of benzene rings is 2. The normalized spacial score (nSPS) is 15.5. The van der Waals surface area contributed by atoms with Crippen LogP contribution in [0.2, 0.25) is 0 Å². The molecular weight excluding hydrogens is 440 g/mol. The van der Waals surface area contributed by atoms with Crippen molar-refractivity contribution in [1.29, 1.82) is 0 Å². The summed E-state index contributed by atoms with van der Waals surface area (Å²) in [7, 11) is 1.73. The van der Waals surface area contributed by atoms with Crippen LogP contribution in [0.25, 0.3) is 16.6 Å². The molecule has 1 fully saturated rings. The maximum Gasteiger partial charge on any atom is 0.419 e. The maximum absolute atomic E-state index is 15.5. The number of aromatic nitrogens is 2. The summed E-state index contributed by atoms with van der Waals surface area (Å²) in [6, 6.07) is 3.07. The van der Waals surface area contributed by atoms with Crippen LogP contribution in [0.5, 0.6) is 5.75 Å². The number of rotatable bonds is 3. The number of aryl methyl sites for hydroxylation is 1. The van der Waals surface area contributed by atoms with Gasteiger partial charge in [0, 0.05) is 26.3 Å². The molecule has 2 aromatic carbocycles. The van der Waals surface area contributed by atoms with Crippen LogP contribution in [-0.4, -0.2) is 41.2 Å². The third-order valence-electron chi connectivity index (χ3n) is 5.75. The van der Waals surface area contributed by atoms with Gasteiger partial charge in [-0.1, -0.05) is 0 Å². The fraction of sp³-hybridized carbons (Fsp3) is 0.381. The van der Waals surface area contributed by atoms with Gasteiger partial charge in [0.1, 0.15) is 5.69 Å². The van der Waals surface area contributed by atoms with Crippen molar-refractivity contribution in [2.45, 2.75) is 32.0 Å². The van der Waals surface area contributed by atoms with Crippen molar-refractivity contribution in [2.24, 2.45) is 0 Å². The Morgan fingerprint density at radius 3 is 2.38 bits per heavy atom. The van der Waals surface area contributed by atoms with Gasteiger partial charge in [-0.3, -0.25) is 0 Å². The first-order chi connectivity index (χ1) is 15.0. The Kier molecular flexibility index (Phi) is 5.48. The van der Waals surface area contributed by atoms with Crippen molar-refractivity contribution in [2.75, 3.05) is 25.2 Å². The molecule has 0 saturated carbocycles. The number of phenolic OH excluding ortho intramolecular Hbond substituents is 1. The van der Waals surface area contributed by atoms with Gasteiger partial charge in [0.2, 0.25) is 0 Å². The van der Waals surface area contributed by atoms with E-state index in [9.17, 15) is 27.1 Å². The van der Waals surface area contributed by atoms with Crippen molar-refractivity contribution in [3.8, 4) is 11.4 Å². The molecule has 11 heteroatoms. The second kappa shape index (κ2) is 7.88. The summed E-state index contributed by atoms with van der Waals surface area (Å²) in [4.78, 5) is 1.76. The van der Waals surface area contributed by atoms with E-state index in [4.69, 9.17) is 4.74 Å². The van der Waals surface area contributed by atoms with Crippen molar-refractivity contribution in [1.82, 2.24) is 9.78 Å². The smallest absolute Gasteiger partial charge is 0.419 e. The van der Waals surface area contributed by atoms with Crippen LogP contribution in [0.15, 0.2) is 18.2 Å². The molecule has 1 aliphatic rings. The first-order valence-electron chi connectivity index (χ1n) is 9.79. The van der Waals surface area contributed by atoms with E-state index >= 15 is 4.39 Å². The van der Waals surface area contributed by atoms with Crippen LogP contribution >= 0.6 is 0 Å². The number of fused-ring (bicyclic) bond motifs is 1. The third-order valence-corrected chi connectivity index (χ3v) is 5.75. The Hall–Kier alpha value is -2.95. The molecule has 0 aliphatic carbocycles. The maximum atomic E-state index is 15.5. The van der Waals surface area contributed by atoms with E-state index in [0.717, 1.165) is 4.68 Å². The average molecular weight is 459 g/mol. The highest BCUT2D eigenvalue weighted by molar-refractivity contribution is 5.88. The number of phenols is 1. The van der Waals surface area contributed by atoms with E-state index in [1.54, 1.807) is 11.9 Å². The summed E-state index contributed by atoms with van der Waals surface area (Å²) in [5, 5.41) is 13.6. The summed E-state index contributed by atoms with van der Waals surface area (Å²) >= 11 is 0. The molecule has 1 aliphatic heterocycles. The van der Waals surface area contributed by atoms with Crippen LogP contribution < -0.4 is 4.90 Å². The molecule has 1 N–H and O–H groups in total. The van der Waals surface area contributed by atoms with E-state index in [1.807, 2.05) is 0 Å². The molecule has 0 atom stereocenters. The lowest BCUT2D eigenvalue weighted by atomic mass is 10.1. The Morgan fingerprint density at radius 1 is 1.09 bits per heavy atom. The highest BCUT2D eigenvalue weighted by Crippen LogP contribution is 2.40. The minimum Gasteiger partial charge on any atom is -0.503 e. The first-order valence-corrected chi connectivity index (χ1v) is 9.79. The molecule has 0 spiro atoms. The van der Waals surface area contributed by atoms with Crippen LogP contribution in [0.4, 0.5) is 32.0 Å². The number of halogens is 6. The molecule has 0 unspecified atom stereocenters. The number of alkyl halides is 3.